The average molecular weight is 353 g/mol. The topological polar surface area (TPSA) is 42.2 Å². The molecule has 3 aromatic rings. The molecule has 0 radical (unpaired) electrons. The smallest absolute Gasteiger partial charge is 0.240 e. The maximum absolute atomic E-state index is 5.52. The van der Waals surface area contributed by atoms with Crippen LogP contribution in [0.15, 0.2) is 46.3 Å². The molecule has 0 aliphatic carbocycles. The van der Waals surface area contributed by atoms with Crippen molar-refractivity contribution >= 4 is 11.3 Å². The summed E-state index contributed by atoms with van der Waals surface area (Å²) in [6.07, 6.45) is 4.24. The standard InChI is InChI=1S/C20H23N3OS/c1-2-3-9-18-21-19(24-22-18)14-23-12-10-17-16(11-13-25-17)20(23)15-7-5-4-6-8-15/h4-8,11,13,20H,2-3,9-10,12,14H2,1H3/t20-/m0/s1. The summed E-state index contributed by atoms with van der Waals surface area (Å²) in [6, 6.07) is 13.3. The molecule has 0 spiro atoms. The lowest BCUT2D eigenvalue weighted by Crippen LogP contribution is -2.35. The Kier molecular flexibility index (Phi) is 4.95. The second-order valence-corrected chi connectivity index (χ2v) is 7.54. The highest BCUT2D eigenvalue weighted by Gasteiger charge is 2.30. The summed E-state index contributed by atoms with van der Waals surface area (Å²) in [5.74, 6) is 1.56. The van der Waals surface area contributed by atoms with Crippen molar-refractivity contribution in [1.82, 2.24) is 15.0 Å². The minimum Gasteiger partial charge on any atom is -0.338 e. The van der Waals surface area contributed by atoms with Gasteiger partial charge in [0.1, 0.15) is 0 Å². The van der Waals surface area contributed by atoms with E-state index in [9.17, 15) is 0 Å². The molecule has 130 valence electrons. The Balaban J connectivity index is 1.58. The molecule has 0 saturated carbocycles. The van der Waals surface area contributed by atoms with Gasteiger partial charge in [0.25, 0.3) is 0 Å². The van der Waals surface area contributed by atoms with Gasteiger partial charge in [0.15, 0.2) is 5.82 Å². The number of hydrogen-bond acceptors (Lipinski definition) is 5. The Morgan fingerprint density at radius 2 is 2.12 bits per heavy atom. The first-order valence-electron chi connectivity index (χ1n) is 9.02. The zero-order chi connectivity index (χ0) is 17.1. The van der Waals surface area contributed by atoms with E-state index in [1.165, 1.54) is 16.0 Å². The van der Waals surface area contributed by atoms with Crippen LogP contribution < -0.4 is 0 Å². The van der Waals surface area contributed by atoms with Crippen LogP contribution in [-0.2, 0) is 19.4 Å². The Bertz CT molecular complexity index is 811. The molecule has 1 aromatic carbocycles. The second-order valence-electron chi connectivity index (χ2n) is 6.54. The molecule has 0 bridgehead atoms. The van der Waals surface area contributed by atoms with Crippen molar-refractivity contribution in [3.05, 3.63) is 69.5 Å². The van der Waals surface area contributed by atoms with Crippen molar-refractivity contribution in [1.29, 1.82) is 0 Å². The van der Waals surface area contributed by atoms with Crippen molar-refractivity contribution < 1.29 is 4.52 Å². The number of aryl methyl sites for hydroxylation is 1. The molecule has 4 rings (SSSR count). The monoisotopic (exact) mass is 353 g/mol. The van der Waals surface area contributed by atoms with E-state index in [4.69, 9.17) is 4.52 Å². The predicted molar refractivity (Wildman–Crippen MR) is 99.6 cm³/mol. The van der Waals surface area contributed by atoms with Crippen LogP contribution in [0.5, 0.6) is 0 Å². The van der Waals surface area contributed by atoms with Crippen LogP contribution in [0.2, 0.25) is 0 Å². The van der Waals surface area contributed by atoms with Gasteiger partial charge in [-0.3, -0.25) is 4.90 Å². The molecule has 1 aliphatic rings. The fourth-order valence-electron chi connectivity index (χ4n) is 3.53. The summed E-state index contributed by atoms with van der Waals surface area (Å²) in [4.78, 5) is 8.56. The molecule has 0 unspecified atom stereocenters. The third-order valence-corrected chi connectivity index (χ3v) is 5.78. The van der Waals surface area contributed by atoms with Gasteiger partial charge < -0.3 is 4.52 Å². The van der Waals surface area contributed by atoms with Crippen molar-refractivity contribution in [3.8, 4) is 0 Å². The summed E-state index contributed by atoms with van der Waals surface area (Å²) in [7, 11) is 0. The zero-order valence-corrected chi connectivity index (χ0v) is 15.3. The van der Waals surface area contributed by atoms with Crippen LogP contribution in [0.3, 0.4) is 0 Å². The maximum atomic E-state index is 5.52. The molecule has 0 N–H and O–H groups in total. The number of thiophene rings is 1. The van der Waals surface area contributed by atoms with Crippen LogP contribution in [0.4, 0.5) is 0 Å². The van der Waals surface area contributed by atoms with Crippen molar-refractivity contribution in [2.45, 2.75) is 45.2 Å². The molecule has 0 amide bonds. The van der Waals surface area contributed by atoms with Gasteiger partial charge in [-0.25, -0.2) is 0 Å². The first-order valence-corrected chi connectivity index (χ1v) is 9.90. The van der Waals surface area contributed by atoms with Gasteiger partial charge in [-0.05, 0) is 35.4 Å². The number of fused-ring (bicyclic) bond motifs is 1. The first kappa shape index (κ1) is 16.5. The van der Waals surface area contributed by atoms with E-state index in [2.05, 4.69) is 63.7 Å². The van der Waals surface area contributed by atoms with E-state index in [0.29, 0.717) is 6.54 Å². The van der Waals surface area contributed by atoms with E-state index in [-0.39, 0.29) is 6.04 Å². The lowest BCUT2D eigenvalue weighted by atomic mass is 9.93. The van der Waals surface area contributed by atoms with Crippen LogP contribution >= 0.6 is 11.3 Å². The molecule has 0 saturated heterocycles. The number of unbranched alkanes of at least 4 members (excludes halogenated alkanes) is 1. The fourth-order valence-corrected chi connectivity index (χ4v) is 4.43. The maximum Gasteiger partial charge on any atom is 0.240 e. The van der Waals surface area contributed by atoms with E-state index < -0.39 is 0 Å². The minimum absolute atomic E-state index is 0.266. The van der Waals surface area contributed by atoms with Crippen molar-refractivity contribution in [3.63, 3.8) is 0 Å². The van der Waals surface area contributed by atoms with Gasteiger partial charge in [-0.2, -0.15) is 4.98 Å². The molecule has 3 heterocycles. The molecule has 1 aliphatic heterocycles. The number of rotatable bonds is 6. The Hall–Kier alpha value is -1.98. The van der Waals surface area contributed by atoms with E-state index in [1.54, 1.807) is 0 Å². The second kappa shape index (κ2) is 7.50. The Morgan fingerprint density at radius 1 is 1.24 bits per heavy atom. The van der Waals surface area contributed by atoms with Gasteiger partial charge >= 0.3 is 0 Å². The third kappa shape index (κ3) is 3.53. The highest BCUT2D eigenvalue weighted by Crippen LogP contribution is 2.38. The van der Waals surface area contributed by atoms with Crippen LogP contribution in [0, 0.1) is 0 Å². The summed E-state index contributed by atoms with van der Waals surface area (Å²) >= 11 is 1.87. The van der Waals surface area contributed by atoms with Crippen LogP contribution in [-0.4, -0.2) is 21.6 Å². The largest absolute Gasteiger partial charge is 0.338 e. The Labute approximate surface area is 152 Å². The summed E-state index contributed by atoms with van der Waals surface area (Å²) in [6.45, 7) is 3.89. The molecule has 5 heteroatoms. The van der Waals surface area contributed by atoms with E-state index in [0.717, 1.165) is 43.9 Å². The van der Waals surface area contributed by atoms with E-state index in [1.807, 2.05) is 11.3 Å². The number of aromatic nitrogens is 2. The molecule has 25 heavy (non-hydrogen) atoms. The van der Waals surface area contributed by atoms with Crippen LogP contribution in [0.25, 0.3) is 0 Å². The van der Waals surface area contributed by atoms with Gasteiger partial charge in [-0.15, -0.1) is 11.3 Å². The number of nitrogens with zero attached hydrogens (tertiary/aromatic N) is 3. The summed E-state index contributed by atoms with van der Waals surface area (Å²) in [5, 5.41) is 6.35. The predicted octanol–water partition coefficient (Wildman–Crippen LogP) is 4.62. The highest BCUT2D eigenvalue weighted by molar-refractivity contribution is 7.10. The number of benzene rings is 1. The SMILES string of the molecule is CCCCc1noc(CN2CCc3sccc3[C@@H]2c2ccccc2)n1. The molecule has 0 fully saturated rings. The highest BCUT2D eigenvalue weighted by atomic mass is 32.1. The quantitative estimate of drug-likeness (QED) is 0.648. The molecular weight excluding hydrogens is 330 g/mol. The Morgan fingerprint density at radius 3 is 2.96 bits per heavy atom. The van der Waals surface area contributed by atoms with Crippen molar-refractivity contribution in [2.24, 2.45) is 0 Å². The van der Waals surface area contributed by atoms with Gasteiger partial charge in [0.2, 0.25) is 5.89 Å². The lowest BCUT2D eigenvalue weighted by molar-refractivity contribution is 0.179. The van der Waals surface area contributed by atoms with Crippen LogP contribution in [0.1, 0.15) is 53.5 Å². The van der Waals surface area contributed by atoms with Gasteiger partial charge in [0.05, 0.1) is 12.6 Å². The fraction of sp³-hybridized carbons (Fsp3) is 0.400. The first-order chi connectivity index (χ1) is 12.3. The average Bonchev–Trinajstić information content (AvgIpc) is 3.29. The molecule has 4 nitrogen and oxygen atoms in total. The molecule has 1 atom stereocenters. The van der Waals surface area contributed by atoms with Gasteiger partial charge in [0, 0.05) is 17.8 Å². The third-order valence-electron chi connectivity index (χ3n) is 4.78. The summed E-state index contributed by atoms with van der Waals surface area (Å²) in [5.41, 5.74) is 2.75. The van der Waals surface area contributed by atoms with Gasteiger partial charge in [-0.1, -0.05) is 48.8 Å². The summed E-state index contributed by atoms with van der Waals surface area (Å²) < 4.78 is 5.52. The lowest BCUT2D eigenvalue weighted by Gasteiger charge is -2.35. The van der Waals surface area contributed by atoms with E-state index >= 15 is 0 Å². The number of hydrogen-bond donors (Lipinski definition) is 0. The zero-order valence-electron chi connectivity index (χ0n) is 14.5. The van der Waals surface area contributed by atoms with Crippen molar-refractivity contribution in [2.75, 3.05) is 6.54 Å². The minimum atomic E-state index is 0.266. The molecule has 2 aromatic heterocycles. The molecular formula is C20H23N3OS. The normalized spacial score (nSPS) is 17.6.